The van der Waals surface area contributed by atoms with Crippen LogP contribution in [0.25, 0.3) is 11.1 Å². The average Bonchev–Trinajstić information content (AvgIpc) is 2.47. The van der Waals surface area contributed by atoms with E-state index in [9.17, 15) is 0 Å². The maximum Gasteiger partial charge on any atom is 0.0367 e. The highest BCUT2D eigenvalue weighted by molar-refractivity contribution is 9.09. The second-order valence-corrected chi connectivity index (χ2v) is 8.51. The van der Waals surface area contributed by atoms with E-state index in [-0.39, 0.29) is 0 Å². The Bertz CT molecular complexity index is 525. The van der Waals surface area contributed by atoms with Crippen molar-refractivity contribution in [1.29, 1.82) is 0 Å². The van der Waals surface area contributed by atoms with Gasteiger partial charge in [0.1, 0.15) is 0 Å². The van der Waals surface area contributed by atoms with Gasteiger partial charge in [0.15, 0.2) is 0 Å². The van der Waals surface area contributed by atoms with Gasteiger partial charge in [-0.05, 0) is 23.3 Å². The normalized spacial score (nSPS) is 13.7. The van der Waals surface area contributed by atoms with Gasteiger partial charge in [-0.2, -0.15) is 0 Å². The second kappa shape index (κ2) is 8.00. The maximum atomic E-state index is 3.66. The van der Waals surface area contributed by atoms with E-state index in [1.54, 1.807) is 0 Å². The van der Waals surface area contributed by atoms with Crippen molar-refractivity contribution in [3.8, 4) is 11.1 Å². The minimum atomic E-state index is 0.470. The van der Waals surface area contributed by atoms with Gasteiger partial charge in [0.2, 0.25) is 0 Å². The van der Waals surface area contributed by atoms with Gasteiger partial charge in [-0.1, -0.05) is 88.2 Å². The molecule has 3 heteroatoms. The molecule has 0 N–H and O–H groups in total. The molecular formula is C18H21Br2N. The molecule has 112 valence electrons. The molecule has 0 bridgehead atoms. The van der Waals surface area contributed by atoms with Crippen molar-refractivity contribution >= 4 is 37.5 Å². The van der Waals surface area contributed by atoms with Crippen LogP contribution in [0.5, 0.6) is 0 Å². The molecule has 0 aliphatic heterocycles. The summed E-state index contributed by atoms with van der Waals surface area (Å²) >= 11 is 7.31. The predicted molar refractivity (Wildman–Crippen MR) is 101 cm³/mol. The van der Waals surface area contributed by atoms with Gasteiger partial charge < -0.3 is 4.90 Å². The lowest BCUT2D eigenvalue weighted by atomic mass is 10.1. The lowest BCUT2D eigenvalue weighted by Gasteiger charge is -2.27. The van der Waals surface area contributed by atoms with Crippen molar-refractivity contribution in [2.24, 2.45) is 0 Å². The zero-order valence-corrected chi connectivity index (χ0v) is 15.6. The van der Waals surface area contributed by atoms with Crippen LogP contribution in [-0.2, 0) is 0 Å². The minimum Gasteiger partial charge on any atom is -0.369 e. The Hall–Kier alpha value is -0.800. The number of benzene rings is 2. The van der Waals surface area contributed by atoms with E-state index in [4.69, 9.17) is 0 Å². The van der Waals surface area contributed by atoms with E-state index in [0.717, 1.165) is 13.1 Å². The topological polar surface area (TPSA) is 3.24 Å². The molecule has 2 aromatic rings. The van der Waals surface area contributed by atoms with E-state index in [0.29, 0.717) is 9.65 Å². The Morgan fingerprint density at radius 2 is 1.24 bits per heavy atom. The van der Waals surface area contributed by atoms with Crippen molar-refractivity contribution in [2.75, 3.05) is 18.0 Å². The molecule has 1 nitrogen and oxygen atoms in total. The molecule has 0 amide bonds. The van der Waals surface area contributed by atoms with Gasteiger partial charge in [-0.3, -0.25) is 0 Å². The Morgan fingerprint density at radius 1 is 0.762 bits per heavy atom. The number of hydrogen-bond acceptors (Lipinski definition) is 1. The zero-order valence-electron chi connectivity index (χ0n) is 12.5. The van der Waals surface area contributed by atoms with Crippen molar-refractivity contribution in [2.45, 2.75) is 23.5 Å². The number of nitrogens with zero attached hydrogens (tertiary/aromatic N) is 1. The molecule has 0 aliphatic carbocycles. The fourth-order valence-electron chi connectivity index (χ4n) is 2.39. The smallest absolute Gasteiger partial charge is 0.0367 e. The number of halogens is 2. The molecule has 2 aromatic carbocycles. The largest absolute Gasteiger partial charge is 0.369 e. The third-order valence-corrected chi connectivity index (χ3v) is 3.86. The number of alkyl halides is 2. The monoisotopic (exact) mass is 409 g/mol. The van der Waals surface area contributed by atoms with E-state index in [1.165, 1.54) is 16.8 Å². The van der Waals surface area contributed by atoms with Crippen molar-refractivity contribution in [3.63, 3.8) is 0 Å². The van der Waals surface area contributed by atoms with E-state index < -0.39 is 0 Å². The summed E-state index contributed by atoms with van der Waals surface area (Å²) in [7, 11) is 0. The third kappa shape index (κ3) is 5.15. The Morgan fingerprint density at radius 3 is 1.71 bits per heavy atom. The number of hydrogen-bond donors (Lipinski definition) is 0. The molecule has 0 heterocycles. The van der Waals surface area contributed by atoms with Gasteiger partial charge in [0.05, 0.1) is 0 Å². The summed E-state index contributed by atoms with van der Waals surface area (Å²) in [4.78, 5) is 3.35. The zero-order chi connectivity index (χ0) is 15.2. The molecule has 0 saturated carbocycles. The molecule has 0 fully saturated rings. The molecule has 21 heavy (non-hydrogen) atoms. The molecule has 0 aliphatic rings. The molecule has 0 radical (unpaired) electrons. The summed E-state index contributed by atoms with van der Waals surface area (Å²) in [5.41, 5.74) is 3.80. The maximum absolute atomic E-state index is 3.66. The lowest BCUT2D eigenvalue weighted by molar-refractivity contribution is 0.771. The fourth-order valence-corrected chi connectivity index (χ4v) is 3.09. The Labute approximate surface area is 144 Å². The summed E-state index contributed by atoms with van der Waals surface area (Å²) in [5, 5.41) is 0. The first kappa shape index (κ1) is 16.6. The van der Waals surface area contributed by atoms with Crippen LogP contribution in [0.15, 0.2) is 54.6 Å². The Kier molecular flexibility index (Phi) is 6.31. The van der Waals surface area contributed by atoms with E-state index in [1.807, 2.05) is 6.07 Å². The third-order valence-electron chi connectivity index (χ3n) is 3.28. The molecular weight excluding hydrogens is 390 g/mol. The molecule has 2 atom stereocenters. The fraction of sp³-hybridized carbons (Fsp3) is 0.333. The molecule has 0 saturated heterocycles. The van der Waals surface area contributed by atoms with Gasteiger partial charge >= 0.3 is 0 Å². The van der Waals surface area contributed by atoms with Gasteiger partial charge in [0.25, 0.3) is 0 Å². The predicted octanol–water partition coefficient (Wildman–Crippen LogP) is 5.73. The summed E-state index contributed by atoms with van der Waals surface area (Å²) < 4.78 is 0. The Balaban J connectivity index is 2.19. The number of rotatable bonds is 6. The highest BCUT2D eigenvalue weighted by Gasteiger charge is 2.12. The van der Waals surface area contributed by atoms with Gasteiger partial charge in [-0.25, -0.2) is 0 Å². The first-order chi connectivity index (χ1) is 10.1. The van der Waals surface area contributed by atoms with Gasteiger partial charge in [-0.15, -0.1) is 0 Å². The van der Waals surface area contributed by atoms with Crippen LogP contribution in [0.2, 0.25) is 0 Å². The van der Waals surface area contributed by atoms with Crippen molar-refractivity contribution < 1.29 is 0 Å². The van der Waals surface area contributed by atoms with Crippen LogP contribution >= 0.6 is 31.9 Å². The van der Waals surface area contributed by atoms with Crippen LogP contribution in [0.3, 0.4) is 0 Å². The van der Waals surface area contributed by atoms with Crippen LogP contribution in [0, 0.1) is 0 Å². The quantitative estimate of drug-likeness (QED) is 0.549. The van der Waals surface area contributed by atoms with Gasteiger partial charge in [0, 0.05) is 28.4 Å². The summed E-state index contributed by atoms with van der Waals surface area (Å²) in [6, 6.07) is 19.3. The lowest BCUT2D eigenvalue weighted by Crippen LogP contribution is -2.33. The summed E-state index contributed by atoms with van der Waals surface area (Å²) in [6.07, 6.45) is 0. The van der Waals surface area contributed by atoms with Crippen LogP contribution in [0.4, 0.5) is 5.69 Å². The summed E-state index contributed by atoms with van der Waals surface area (Å²) in [6.45, 7) is 6.37. The standard InChI is InChI=1S/C18H21Br2N/c1-14(19)12-21(13-15(2)20)18-10-8-17(9-11-18)16-6-4-3-5-7-16/h3-11,14-15H,12-13H2,1-2H3/t14-,15-/m1/s1. The number of anilines is 1. The van der Waals surface area contributed by atoms with Crippen LogP contribution in [0.1, 0.15) is 13.8 Å². The first-order valence-electron chi connectivity index (χ1n) is 7.25. The SMILES string of the molecule is C[C@@H](Br)CN(C[C@@H](C)Br)c1ccc(-c2ccccc2)cc1. The first-order valence-corrected chi connectivity index (χ1v) is 9.08. The average molecular weight is 411 g/mol. The van der Waals surface area contributed by atoms with Crippen molar-refractivity contribution in [1.82, 2.24) is 0 Å². The van der Waals surface area contributed by atoms with Crippen molar-refractivity contribution in [3.05, 3.63) is 54.6 Å². The van der Waals surface area contributed by atoms with Crippen LogP contribution in [-0.4, -0.2) is 22.7 Å². The van der Waals surface area contributed by atoms with Crippen LogP contribution < -0.4 is 4.90 Å². The molecule has 0 spiro atoms. The highest BCUT2D eigenvalue weighted by Crippen LogP contribution is 2.24. The van der Waals surface area contributed by atoms with E-state index in [2.05, 4.69) is 99.1 Å². The molecule has 0 aromatic heterocycles. The molecule has 0 unspecified atom stereocenters. The second-order valence-electron chi connectivity index (χ2n) is 5.38. The minimum absolute atomic E-state index is 0.470. The highest BCUT2D eigenvalue weighted by atomic mass is 79.9. The van der Waals surface area contributed by atoms with E-state index >= 15 is 0 Å². The summed E-state index contributed by atoms with van der Waals surface area (Å²) in [5.74, 6) is 0. The molecule has 2 rings (SSSR count).